The molecule has 0 spiro atoms. The monoisotopic (exact) mass is 338 g/mol. The van der Waals surface area contributed by atoms with E-state index in [-0.39, 0.29) is 19.1 Å². The van der Waals surface area contributed by atoms with Gasteiger partial charge in [0.15, 0.2) is 0 Å². The first-order valence-corrected chi connectivity index (χ1v) is 7.28. The van der Waals surface area contributed by atoms with Gasteiger partial charge in [-0.3, -0.25) is 4.79 Å². The Bertz CT molecular complexity index is 483. The maximum Gasteiger partial charge on any atom is 0.233 e. The Morgan fingerprint density at radius 2 is 2.30 bits per heavy atom. The third-order valence-corrected chi connectivity index (χ3v) is 3.00. The van der Waals surface area contributed by atoms with Gasteiger partial charge in [0, 0.05) is 23.1 Å². The molecule has 4 nitrogen and oxygen atoms in total. The van der Waals surface area contributed by atoms with Crippen LogP contribution >= 0.6 is 15.9 Å². The number of terminal acetylenes is 1. The lowest BCUT2D eigenvalue weighted by Crippen LogP contribution is -2.34. The highest BCUT2D eigenvalue weighted by molar-refractivity contribution is 9.10. The van der Waals surface area contributed by atoms with Crippen molar-refractivity contribution in [3.05, 3.63) is 28.2 Å². The summed E-state index contributed by atoms with van der Waals surface area (Å²) in [6.07, 6.45) is 6.12. The molecule has 0 aromatic heterocycles. The molecule has 0 saturated heterocycles. The van der Waals surface area contributed by atoms with Crippen molar-refractivity contribution in [1.82, 2.24) is 10.6 Å². The molecule has 0 fully saturated rings. The molecule has 1 aromatic carbocycles. The van der Waals surface area contributed by atoms with E-state index in [0.29, 0.717) is 13.1 Å². The molecule has 1 amide bonds. The molecule has 0 radical (unpaired) electrons. The Morgan fingerprint density at radius 3 is 3.00 bits per heavy atom. The number of carbonyl (C=O) groups is 1. The second-order valence-corrected chi connectivity index (χ2v) is 5.11. The minimum absolute atomic E-state index is 0.00654. The quantitative estimate of drug-likeness (QED) is 0.713. The lowest BCUT2D eigenvalue weighted by atomic mass is 10.2. The molecular weight excluding hydrogens is 320 g/mol. The van der Waals surface area contributed by atoms with Crippen LogP contribution in [0.3, 0.4) is 0 Å². The zero-order valence-corrected chi connectivity index (χ0v) is 13.1. The van der Waals surface area contributed by atoms with Crippen molar-refractivity contribution in [2.75, 3.05) is 19.7 Å². The van der Waals surface area contributed by atoms with Gasteiger partial charge in [-0.05, 0) is 24.6 Å². The largest absolute Gasteiger partial charge is 0.481 e. The van der Waals surface area contributed by atoms with Crippen LogP contribution in [0.15, 0.2) is 22.7 Å². The standard InChI is InChI=1S/C15H19BrN2O2/c1-3-7-18-15(19)11-17-10-12-9-13(16)5-6-14(12)20-8-4-2/h2,5-6,9,17H,3,7-8,10-11H2,1H3,(H,18,19). The van der Waals surface area contributed by atoms with E-state index in [2.05, 4.69) is 32.5 Å². The summed E-state index contributed by atoms with van der Waals surface area (Å²) in [5, 5.41) is 5.90. The van der Waals surface area contributed by atoms with Crippen LogP contribution in [-0.4, -0.2) is 25.6 Å². The molecule has 108 valence electrons. The van der Waals surface area contributed by atoms with Gasteiger partial charge in [-0.2, -0.15) is 0 Å². The predicted molar refractivity (Wildman–Crippen MR) is 83.5 cm³/mol. The number of hydrogen-bond donors (Lipinski definition) is 2. The van der Waals surface area contributed by atoms with Crippen LogP contribution in [0.4, 0.5) is 0 Å². The molecule has 0 aliphatic heterocycles. The van der Waals surface area contributed by atoms with Crippen LogP contribution in [-0.2, 0) is 11.3 Å². The van der Waals surface area contributed by atoms with Crippen LogP contribution in [0, 0.1) is 12.3 Å². The summed E-state index contributed by atoms with van der Waals surface area (Å²) in [6.45, 7) is 3.77. The Balaban J connectivity index is 2.51. The van der Waals surface area contributed by atoms with Crippen molar-refractivity contribution >= 4 is 21.8 Å². The highest BCUT2D eigenvalue weighted by Gasteiger charge is 2.06. The molecule has 0 bridgehead atoms. The molecule has 0 saturated carbocycles. The van der Waals surface area contributed by atoms with Crippen LogP contribution in [0.2, 0.25) is 0 Å². The Labute approximate surface area is 128 Å². The normalized spacial score (nSPS) is 9.85. The summed E-state index contributed by atoms with van der Waals surface area (Å²) in [7, 11) is 0. The maximum absolute atomic E-state index is 11.5. The maximum atomic E-state index is 11.5. The van der Waals surface area contributed by atoms with Crippen molar-refractivity contribution in [2.24, 2.45) is 0 Å². The Kier molecular flexibility index (Phi) is 7.78. The van der Waals surface area contributed by atoms with Gasteiger partial charge in [-0.1, -0.05) is 28.8 Å². The lowest BCUT2D eigenvalue weighted by Gasteiger charge is -2.11. The summed E-state index contributed by atoms with van der Waals surface area (Å²) in [5.41, 5.74) is 0.956. The fourth-order valence-corrected chi connectivity index (χ4v) is 1.99. The summed E-state index contributed by atoms with van der Waals surface area (Å²) in [4.78, 5) is 11.5. The van der Waals surface area contributed by atoms with Crippen molar-refractivity contribution in [3.63, 3.8) is 0 Å². The van der Waals surface area contributed by atoms with Crippen molar-refractivity contribution in [2.45, 2.75) is 19.9 Å². The minimum atomic E-state index is -0.00654. The number of halogens is 1. The van der Waals surface area contributed by atoms with Crippen molar-refractivity contribution in [3.8, 4) is 18.1 Å². The topological polar surface area (TPSA) is 50.4 Å². The van der Waals surface area contributed by atoms with Gasteiger partial charge < -0.3 is 15.4 Å². The smallest absolute Gasteiger partial charge is 0.233 e. The number of benzene rings is 1. The average molecular weight is 339 g/mol. The van der Waals surface area contributed by atoms with E-state index in [9.17, 15) is 4.79 Å². The molecule has 20 heavy (non-hydrogen) atoms. The van der Waals surface area contributed by atoms with Crippen molar-refractivity contribution < 1.29 is 9.53 Å². The first-order chi connectivity index (χ1) is 9.67. The first kappa shape index (κ1) is 16.5. The third kappa shape index (κ3) is 6.09. The fourth-order valence-electron chi connectivity index (χ4n) is 1.58. The van der Waals surface area contributed by atoms with Gasteiger partial charge in [-0.15, -0.1) is 6.42 Å². The van der Waals surface area contributed by atoms with E-state index in [1.807, 2.05) is 25.1 Å². The molecule has 0 heterocycles. The SMILES string of the molecule is C#CCOc1ccc(Br)cc1CNCC(=O)NCCC. The lowest BCUT2D eigenvalue weighted by molar-refractivity contribution is -0.120. The molecule has 0 unspecified atom stereocenters. The predicted octanol–water partition coefficient (Wildman–Crippen LogP) is 2.08. The van der Waals surface area contributed by atoms with Gasteiger partial charge in [0.2, 0.25) is 5.91 Å². The molecule has 0 aliphatic carbocycles. The second kappa shape index (κ2) is 9.40. The molecule has 1 aromatic rings. The van der Waals surface area contributed by atoms with Gasteiger partial charge >= 0.3 is 0 Å². The van der Waals surface area contributed by atoms with E-state index in [1.54, 1.807) is 0 Å². The molecule has 5 heteroatoms. The second-order valence-electron chi connectivity index (χ2n) is 4.20. The van der Waals surface area contributed by atoms with Gasteiger partial charge in [0.1, 0.15) is 12.4 Å². The molecule has 2 N–H and O–H groups in total. The summed E-state index contributed by atoms with van der Waals surface area (Å²) >= 11 is 3.42. The number of hydrogen-bond acceptors (Lipinski definition) is 3. The minimum Gasteiger partial charge on any atom is -0.481 e. The van der Waals surface area contributed by atoms with Gasteiger partial charge in [-0.25, -0.2) is 0 Å². The first-order valence-electron chi connectivity index (χ1n) is 6.49. The van der Waals surface area contributed by atoms with Crippen molar-refractivity contribution in [1.29, 1.82) is 0 Å². The molecule has 1 rings (SSSR count). The van der Waals surface area contributed by atoms with E-state index in [0.717, 1.165) is 22.2 Å². The van der Waals surface area contributed by atoms with Crippen LogP contribution < -0.4 is 15.4 Å². The Hall–Kier alpha value is -1.51. The third-order valence-electron chi connectivity index (χ3n) is 2.51. The Morgan fingerprint density at radius 1 is 1.50 bits per heavy atom. The summed E-state index contributed by atoms with van der Waals surface area (Å²) < 4.78 is 6.42. The number of carbonyl (C=O) groups excluding carboxylic acids is 1. The van der Waals surface area contributed by atoms with E-state index >= 15 is 0 Å². The summed E-state index contributed by atoms with van der Waals surface area (Å²) in [5.74, 6) is 3.16. The van der Waals surface area contributed by atoms with Crippen LogP contribution in [0.5, 0.6) is 5.75 Å². The zero-order valence-electron chi connectivity index (χ0n) is 11.5. The van der Waals surface area contributed by atoms with Crippen LogP contribution in [0.25, 0.3) is 0 Å². The number of rotatable bonds is 8. The molecular formula is C15H19BrN2O2. The molecule has 0 aliphatic rings. The summed E-state index contributed by atoms with van der Waals surface area (Å²) in [6, 6.07) is 5.70. The van der Waals surface area contributed by atoms with E-state index < -0.39 is 0 Å². The number of ether oxygens (including phenoxy) is 1. The van der Waals surface area contributed by atoms with E-state index in [1.165, 1.54) is 0 Å². The number of nitrogens with one attached hydrogen (secondary N) is 2. The highest BCUT2D eigenvalue weighted by atomic mass is 79.9. The van der Waals surface area contributed by atoms with E-state index in [4.69, 9.17) is 11.2 Å². The molecule has 0 atom stereocenters. The zero-order chi connectivity index (χ0) is 14.8. The highest BCUT2D eigenvalue weighted by Crippen LogP contribution is 2.23. The fraction of sp³-hybridized carbons (Fsp3) is 0.400. The van der Waals surface area contributed by atoms with Gasteiger partial charge in [0.25, 0.3) is 0 Å². The average Bonchev–Trinajstić information content (AvgIpc) is 2.44. The number of amides is 1. The van der Waals surface area contributed by atoms with Gasteiger partial charge in [0.05, 0.1) is 6.54 Å². The van der Waals surface area contributed by atoms with Crippen LogP contribution in [0.1, 0.15) is 18.9 Å².